The van der Waals surface area contributed by atoms with Crippen LogP contribution >= 0.6 is 0 Å². The quantitative estimate of drug-likeness (QED) is 0.586. The van der Waals surface area contributed by atoms with Crippen LogP contribution in [0.25, 0.3) is 0 Å². The van der Waals surface area contributed by atoms with Crippen LogP contribution in [-0.4, -0.2) is 22.2 Å². The Balaban J connectivity index is 2.27. The molecule has 0 radical (unpaired) electrons. The van der Waals surface area contributed by atoms with Gasteiger partial charge in [0.05, 0.1) is 0 Å². The first kappa shape index (κ1) is 8.87. The second-order valence-electron chi connectivity index (χ2n) is 3.42. The van der Waals surface area contributed by atoms with Gasteiger partial charge in [0.2, 0.25) is 0 Å². The molecule has 3 N–H and O–H groups in total. The van der Waals surface area contributed by atoms with Gasteiger partial charge in [-0.1, -0.05) is 0 Å². The van der Waals surface area contributed by atoms with Crippen LogP contribution in [0.3, 0.4) is 0 Å². The Hall–Kier alpha value is -1.71. The molecule has 1 atom stereocenters. The lowest BCUT2D eigenvalue weighted by Gasteiger charge is -2.23. The maximum atomic E-state index is 10.7. The maximum Gasteiger partial charge on any atom is 0.326 e. The summed E-state index contributed by atoms with van der Waals surface area (Å²) < 4.78 is 0. The first-order chi connectivity index (χ1) is 6.66. The van der Waals surface area contributed by atoms with E-state index >= 15 is 0 Å². The molecule has 1 aliphatic heterocycles. The van der Waals surface area contributed by atoms with Crippen LogP contribution in [0.5, 0.6) is 5.75 Å². The second-order valence-corrected chi connectivity index (χ2v) is 3.42. The van der Waals surface area contributed by atoms with Crippen LogP contribution in [-0.2, 0) is 11.2 Å². The molecule has 1 aromatic rings. The number of hydrogen-bond acceptors (Lipinski definition) is 3. The number of rotatable bonds is 1. The van der Waals surface area contributed by atoms with Gasteiger partial charge in [-0.25, -0.2) is 4.79 Å². The van der Waals surface area contributed by atoms with Gasteiger partial charge in [0.25, 0.3) is 0 Å². The van der Waals surface area contributed by atoms with Gasteiger partial charge in [-0.05, 0) is 36.6 Å². The summed E-state index contributed by atoms with van der Waals surface area (Å²) in [5, 5.41) is 20.9. The number of aromatic hydroxyl groups is 1. The number of hydrogen-bond donors (Lipinski definition) is 3. The van der Waals surface area contributed by atoms with Crippen LogP contribution in [0.4, 0.5) is 5.69 Å². The second kappa shape index (κ2) is 3.21. The van der Waals surface area contributed by atoms with Crippen LogP contribution in [0, 0.1) is 0 Å². The number of anilines is 1. The lowest BCUT2D eigenvalue weighted by Crippen LogP contribution is -2.33. The summed E-state index contributed by atoms with van der Waals surface area (Å²) in [6.45, 7) is 0. The van der Waals surface area contributed by atoms with E-state index in [4.69, 9.17) is 5.11 Å². The normalized spacial score (nSPS) is 19.6. The number of aryl methyl sites for hydroxylation is 1. The van der Waals surface area contributed by atoms with E-state index in [-0.39, 0.29) is 5.75 Å². The zero-order valence-corrected chi connectivity index (χ0v) is 7.53. The third-order valence-corrected chi connectivity index (χ3v) is 2.42. The SMILES string of the molecule is O=C(O)[C@H]1CCc2cc(O)ccc2N1. The van der Waals surface area contributed by atoms with Crippen molar-refractivity contribution in [3.8, 4) is 5.75 Å². The Morgan fingerprint density at radius 2 is 2.29 bits per heavy atom. The zero-order valence-electron chi connectivity index (χ0n) is 7.53. The Morgan fingerprint density at radius 3 is 3.00 bits per heavy atom. The topological polar surface area (TPSA) is 69.6 Å². The number of carbonyl (C=O) groups is 1. The van der Waals surface area contributed by atoms with Gasteiger partial charge >= 0.3 is 5.97 Å². The monoisotopic (exact) mass is 193 g/mol. The minimum Gasteiger partial charge on any atom is -0.508 e. The lowest BCUT2D eigenvalue weighted by atomic mass is 9.98. The van der Waals surface area contributed by atoms with Crippen LogP contribution < -0.4 is 5.32 Å². The predicted octanol–water partition coefficient (Wildman–Crippen LogP) is 1.20. The fourth-order valence-electron chi connectivity index (χ4n) is 1.67. The third-order valence-electron chi connectivity index (χ3n) is 2.42. The number of aliphatic carboxylic acids is 1. The summed E-state index contributed by atoms with van der Waals surface area (Å²) >= 11 is 0. The molecule has 0 aromatic heterocycles. The minimum absolute atomic E-state index is 0.222. The van der Waals surface area contributed by atoms with Crippen molar-refractivity contribution in [2.24, 2.45) is 0 Å². The summed E-state index contributed by atoms with van der Waals surface area (Å²) in [6, 6.07) is 4.42. The highest BCUT2D eigenvalue weighted by Crippen LogP contribution is 2.27. The summed E-state index contributed by atoms with van der Waals surface area (Å²) in [4.78, 5) is 10.7. The number of carboxylic acids is 1. The third kappa shape index (κ3) is 1.51. The number of nitrogens with one attached hydrogen (secondary N) is 1. The summed E-state index contributed by atoms with van der Waals surface area (Å²) in [7, 11) is 0. The molecule has 2 rings (SSSR count). The van der Waals surface area contributed by atoms with Gasteiger partial charge in [0, 0.05) is 5.69 Å². The molecule has 0 saturated heterocycles. The van der Waals surface area contributed by atoms with Gasteiger partial charge in [-0.15, -0.1) is 0 Å². The van der Waals surface area contributed by atoms with Gasteiger partial charge in [-0.2, -0.15) is 0 Å². The van der Waals surface area contributed by atoms with E-state index in [0.717, 1.165) is 11.3 Å². The molecular formula is C10H11NO3. The number of phenols is 1. The van der Waals surface area contributed by atoms with E-state index in [1.165, 1.54) is 0 Å². The molecule has 0 aliphatic carbocycles. The Labute approximate surface area is 81.2 Å². The molecule has 4 heteroatoms. The van der Waals surface area contributed by atoms with Crippen LogP contribution in [0.1, 0.15) is 12.0 Å². The predicted molar refractivity (Wildman–Crippen MR) is 51.5 cm³/mol. The van der Waals surface area contributed by atoms with E-state index in [2.05, 4.69) is 5.32 Å². The van der Waals surface area contributed by atoms with Crippen LogP contribution in [0.2, 0.25) is 0 Å². The molecule has 1 heterocycles. The van der Waals surface area contributed by atoms with E-state index in [1.807, 2.05) is 0 Å². The summed E-state index contributed by atoms with van der Waals surface area (Å²) in [5.74, 6) is -0.608. The van der Waals surface area contributed by atoms with E-state index in [0.29, 0.717) is 12.8 Å². The highest BCUT2D eigenvalue weighted by molar-refractivity contribution is 5.79. The molecule has 1 aromatic carbocycles. The first-order valence-corrected chi connectivity index (χ1v) is 4.48. The van der Waals surface area contributed by atoms with Crippen molar-refractivity contribution in [3.63, 3.8) is 0 Å². The summed E-state index contributed by atoms with van der Waals surface area (Å²) in [6.07, 6.45) is 1.25. The molecule has 0 unspecified atom stereocenters. The van der Waals surface area contributed by atoms with Gasteiger partial charge in [0.1, 0.15) is 11.8 Å². The number of carboxylic acid groups (broad SMARTS) is 1. The largest absolute Gasteiger partial charge is 0.508 e. The molecule has 74 valence electrons. The minimum atomic E-state index is -0.830. The molecule has 0 bridgehead atoms. The zero-order chi connectivity index (χ0) is 10.1. The van der Waals surface area contributed by atoms with E-state index in [9.17, 15) is 9.90 Å². The van der Waals surface area contributed by atoms with Crippen molar-refractivity contribution in [1.29, 1.82) is 0 Å². The molecule has 4 nitrogen and oxygen atoms in total. The lowest BCUT2D eigenvalue weighted by molar-refractivity contribution is -0.138. The number of fused-ring (bicyclic) bond motifs is 1. The van der Waals surface area contributed by atoms with Crippen LogP contribution in [0.15, 0.2) is 18.2 Å². The van der Waals surface area contributed by atoms with Gasteiger partial charge in [0.15, 0.2) is 0 Å². The van der Waals surface area contributed by atoms with E-state index in [1.54, 1.807) is 18.2 Å². The smallest absolute Gasteiger partial charge is 0.326 e. The Bertz CT molecular complexity index is 376. The van der Waals surface area contributed by atoms with Crippen molar-refractivity contribution in [2.75, 3.05) is 5.32 Å². The number of benzene rings is 1. The molecule has 14 heavy (non-hydrogen) atoms. The molecule has 1 aliphatic rings. The highest BCUT2D eigenvalue weighted by atomic mass is 16.4. The Kier molecular flexibility index (Phi) is 2.04. The van der Waals surface area contributed by atoms with Crippen molar-refractivity contribution < 1.29 is 15.0 Å². The molecule has 0 saturated carbocycles. The Morgan fingerprint density at radius 1 is 1.50 bits per heavy atom. The average molecular weight is 193 g/mol. The molecular weight excluding hydrogens is 182 g/mol. The molecule has 0 amide bonds. The summed E-state index contributed by atoms with van der Waals surface area (Å²) in [5.41, 5.74) is 1.78. The standard InChI is InChI=1S/C10H11NO3/c12-7-2-4-8-6(5-7)1-3-9(11-8)10(13)14/h2,4-5,9,11-12H,1,3H2,(H,13,14)/t9-/m1/s1. The van der Waals surface area contributed by atoms with Crippen molar-refractivity contribution in [1.82, 2.24) is 0 Å². The fraction of sp³-hybridized carbons (Fsp3) is 0.300. The number of phenolic OH excluding ortho intramolecular Hbond substituents is 1. The maximum absolute atomic E-state index is 10.7. The average Bonchev–Trinajstić information content (AvgIpc) is 2.16. The molecule has 0 fully saturated rings. The fourth-order valence-corrected chi connectivity index (χ4v) is 1.67. The van der Waals surface area contributed by atoms with Crippen molar-refractivity contribution in [2.45, 2.75) is 18.9 Å². The van der Waals surface area contributed by atoms with E-state index < -0.39 is 12.0 Å². The van der Waals surface area contributed by atoms with Gasteiger partial charge in [-0.3, -0.25) is 0 Å². The van der Waals surface area contributed by atoms with Gasteiger partial charge < -0.3 is 15.5 Å². The first-order valence-electron chi connectivity index (χ1n) is 4.48. The molecule has 0 spiro atoms. The van der Waals surface area contributed by atoms with Crippen molar-refractivity contribution >= 4 is 11.7 Å². The van der Waals surface area contributed by atoms with Crippen molar-refractivity contribution in [3.05, 3.63) is 23.8 Å². The highest BCUT2D eigenvalue weighted by Gasteiger charge is 2.23.